The number of rotatable bonds is 7. The summed E-state index contributed by atoms with van der Waals surface area (Å²) >= 11 is 0. The summed E-state index contributed by atoms with van der Waals surface area (Å²) in [5.41, 5.74) is 1.25. The van der Waals surface area contributed by atoms with Crippen molar-refractivity contribution in [3.05, 3.63) is 53.6 Å². The Balaban J connectivity index is 1.78. The molecule has 0 atom stereocenters. The number of anilines is 1. The molecule has 0 aromatic heterocycles. The molecule has 1 saturated heterocycles. The SMILES string of the molecule is COC(=O)c1cccc(NC(=O)Cc2ccc(OC)c(S(=O)(=O)N3CCOCC3)c2)c1. The van der Waals surface area contributed by atoms with Gasteiger partial charge in [0.2, 0.25) is 15.9 Å². The van der Waals surface area contributed by atoms with Gasteiger partial charge in [0.25, 0.3) is 0 Å². The first-order valence-electron chi connectivity index (χ1n) is 9.58. The Labute approximate surface area is 181 Å². The van der Waals surface area contributed by atoms with Crippen molar-refractivity contribution < 1.29 is 32.2 Å². The minimum Gasteiger partial charge on any atom is -0.495 e. The fraction of sp³-hybridized carbons (Fsp3) is 0.333. The number of benzene rings is 2. The second kappa shape index (κ2) is 9.90. The monoisotopic (exact) mass is 448 g/mol. The van der Waals surface area contributed by atoms with Crippen molar-refractivity contribution in [2.24, 2.45) is 0 Å². The Morgan fingerprint density at radius 1 is 1.10 bits per heavy atom. The molecule has 0 unspecified atom stereocenters. The minimum atomic E-state index is -3.79. The number of nitrogens with one attached hydrogen (secondary N) is 1. The average molecular weight is 448 g/mol. The lowest BCUT2D eigenvalue weighted by Gasteiger charge is -2.26. The number of esters is 1. The highest BCUT2D eigenvalue weighted by molar-refractivity contribution is 7.89. The first kappa shape index (κ1) is 22.7. The van der Waals surface area contributed by atoms with E-state index < -0.39 is 16.0 Å². The van der Waals surface area contributed by atoms with Crippen LogP contribution in [-0.4, -0.2) is 65.1 Å². The van der Waals surface area contributed by atoms with Crippen LogP contribution in [0.3, 0.4) is 0 Å². The minimum absolute atomic E-state index is 0.00916. The third-order valence-corrected chi connectivity index (χ3v) is 6.67. The summed E-state index contributed by atoms with van der Waals surface area (Å²) in [6.07, 6.45) is -0.0575. The molecule has 2 aromatic rings. The maximum atomic E-state index is 13.1. The van der Waals surface area contributed by atoms with E-state index in [2.05, 4.69) is 10.1 Å². The van der Waals surface area contributed by atoms with E-state index in [1.807, 2.05) is 0 Å². The van der Waals surface area contributed by atoms with Crippen LogP contribution in [0.5, 0.6) is 5.75 Å². The molecule has 0 bridgehead atoms. The van der Waals surface area contributed by atoms with Crippen LogP contribution >= 0.6 is 0 Å². The zero-order valence-corrected chi connectivity index (χ0v) is 18.1. The Kier molecular flexibility index (Phi) is 7.26. The Morgan fingerprint density at radius 3 is 2.52 bits per heavy atom. The number of hydrogen-bond acceptors (Lipinski definition) is 7. The standard InChI is InChI=1S/C21H24N2O7S/c1-28-18-7-6-15(12-19(18)31(26,27)23-8-10-30-11-9-23)13-20(24)22-17-5-3-4-16(14-17)21(25)29-2/h3-7,12,14H,8-11,13H2,1-2H3,(H,22,24). The zero-order valence-electron chi connectivity index (χ0n) is 17.3. The number of nitrogens with zero attached hydrogens (tertiary/aromatic N) is 1. The molecule has 1 aliphatic heterocycles. The highest BCUT2D eigenvalue weighted by Gasteiger charge is 2.29. The molecule has 1 aliphatic rings. The lowest BCUT2D eigenvalue weighted by atomic mass is 10.1. The summed E-state index contributed by atoms with van der Waals surface area (Å²) in [7, 11) is -1.12. The van der Waals surface area contributed by atoms with Gasteiger partial charge in [0.05, 0.1) is 39.4 Å². The second-order valence-electron chi connectivity index (χ2n) is 6.80. The van der Waals surface area contributed by atoms with E-state index in [9.17, 15) is 18.0 Å². The van der Waals surface area contributed by atoms with Gasteiger partial charge in [-0.3, -0.25) is 4.79 Å². The normalized spacial score (nSPS) is 14.6. The van der Waals surface area contributed by atoms with Gasteiger partial charge in [0.1, 0.15) is 10.6 Å². The number of hydrogen-bond donors (Lipinski definition) is 1. The van der Waals surface area contributed by atoms with E-state index in [4.69, 9.17) is 9.47 Å². The van der Waals surface area contributed by atoms with Crippen LogP contribution in [0.15, 0.2) is 47.4 Å². The van der Waals surface area contributed by atoms with Crippen molar-refractivity contribution >= 4 is 27.6 Å². The van der Waals surface area contributed by atoms with Gasteiger partial charge in [-0.05, 0) is 35.9 Å². The molecule has 166 valence electrons. The Morgan fingerprint density at radius 2 is 1.84 bits per heavy atom. The molecule has 0 aliphatic carbocycles. The number of carbonyl (C=O) groups is 2. The summed E-state index contributed by atoms with van der Waals surface area (Å²) in [5, 5.41) is 2.71. The molecule has 31 heavy (non-hydrogen) atoms. The van der Waals surface area contributed by atoms with Crippen LogP contribution in [0.4, 0.5) is 5.69 Å². The molecule has 2 aromatic carbocycles. The van der Waals surface area contributed by atoms with E-state index in [0.29, 0.717) is 30.0 Å². The molecule has 1 fully saturated rings. The predicted molar refractivity (Wildman–Crippen MR) is 113 cm³/mol. The molecule has 0 radical (unpaired) electrons. The summed E-state index contributed by atoms with van der Waals surface area (Å²) in [4.78, 5) is 24.2. The molecule has 9 nitrogen and oxygen atoms in total. The molecule has 1 N–H and O–H groups in total. The largest absolute Gasteiger partial charge is 0.495 e. The van der Waals surface area contributed by atoms with Gasteiger partial charge in [-0.25, -0.2) is 13.2 Å². The Bertz CT molecular complexity index is 1060. The van der Waals surface area contributed by atoms with E-state index in [0.717, 1.165) is 0 Å². The van der Waals surface area contributed by atoms with E-state index in [1.54, 1.807) is 24.3 Å². The zero-order chi connectivity index (χ0) is 22.4. The fourth-order valence-corrected chi connectivity index (χ4v) is 4.80. The van der Waals surface area contributed by atoms with E-state index in [-0.39, 0.29) is 36.1 Å². The maximum absolute atomic E-state index is 13.1. The first-order valence-corrected chi connectivity index (χ1v) is 11.0. The van der Waals surface area contributed by atoms with Gasteiger partial charge in [0, 0.05) is 18.8 Å². The Hall–Kier alpha value is -2.95. The number of morpholine rings is 1. The number of ether oxygens (including phenoxy) is 3. The smallest absolute Gasteiger partial charge is 0.337 e. The van der Waals surface area contributed by atoms with Gasteiger partial charge in [-0.2, -0.15) is 4.31 Å². The number of amides is 1. The molecule has 0 spiro atoms. The van der Waals surface area contributed by atoms with Crippen LogP contribution in [-0.2, 0) is 30.7 Å². The summed E-state index contributed by atoms with van der Waals surface area (Å²) in [6.45, 7) is 1.17. The lowest BCUT2D eigenvalue weighted by molar-refractivity contribution is -0.115. The van der Waals surface area contributed by atoms with Crippen molar-refractivity contribution in [1.82, 2.24) is 4.31 Å². The first-order chi connectivity index (χ1) is 14.8. The van der Waals surface area contributed by atoms with E-state index >= 15 is 0 Å². The number of sulfonamides is 1. The molecular formula is C21H24N2O7S. The predicted octanol–water partition coefficient (Wildman–Crippen LogP) is 1.68. The molecule has 10 heteroatoms. The molecule has 1 heterocycles. The van der Waals surface area contributed by atoms with Crippen molar-refractivity contribution in [1.29, 1.82) is 0 Å². The quantitative estimate of drug-likeness (QED) is 0.642. The molecule has 1 amide bonds. The van der Waals surface area contributed by atoms with Crippen LogP contribution in [0.25, 0.3) is 0 Å². The van der Waals surface area contributed by atoms with E-state index in [1.165, 1.54) is 36.7 Å². The molecule has 3 rings (SSSR count). The summed E-state index contributed by atoms with van der Waals surface area (Å²) in [6, 6.07) is 11.0. The molecular weight excluding hydrogens is 424 g/mol. The highest BCUT2D eigenvalue weighted by Crippen LogP contribution is 2.28. The van der Waals surface area contributed by atoms with Crippen LogP contribution < -0.4 is 10.1 Å². The molecule has 0 saturated carbocycles. The summed E-state index contributed by atoms with van der Waals surface area (Å²) < 4.78 is 42.6. The maximum Gasteiger partial charge on any atom is 0.337 e. The average Bonchev–Trinajstić information content (AvgIpc) is 2.79. The van der Waals surface area contributed by atoms with Crippen LogP contribution in [0.2, 0.25) is 0 Å². The third-order valence-electron chi connectivity index (χ3n) is 4.75. The van der Waals surface area contributed by atoms with Crippen molar-refractivity contribution in [2.45, 2.75) is 11.3 Å². The van der Waals surface area contributed by atoms with Gasteiger partial charge in [-0.15, -0.1) is 0 Å². The van der Waals surface area contributed by atoms with Gasteiger partial charge in [0.15, 0.2) is 0 Å². The summed E-state index contributed by atoms with van der Waals surface area (Å²) in [5.74, 6) is -0.660. The van der Waals surface area contributed by atoms with Crippen LogP contribution in [0, 0.1) is 0 Å². The van der Waals surface area contributed by atoms with Gasteiger partial charge < -0.3 is 19.5 Å². The topological polar surface area (TPSA) is 111 Å². The number of methoxy groups -OCH3 is 2. The van der Waals surface area contributed by atoms with Crippen molar-refractivity contribution in [2.75, 3.05) is 45.8 Å². The fourth-order valence-electron chi connectivity index (χ4n) is 3.19. The number of carbonyl (C=O) groups excluding carboxylic acids is 2. The van der Waals surface area contributed by atoms with Crippen molar-refractivity contribution in [3.63, 3.8) is 0 Å². The van der Waals surface area contributed by atoms with Crippen molar-refractivity contribution in [3.8, 4) is 5.75 Å². The lowest BCUT2D eigenvalue weighted by Crippen LogP contribution is -2.40. The second-order valence-corrected chi connectivity index (χ2v) is 8.71. The highest BCUT2D eigenvalue weighted by atomic mass is 32.2. The third kappa shape index (κ3) is 5.40. The van der Waals surface area contributed by atoms with Crippen LogP contribution in [0.1, 0.15) is 15.9 Å². The van der Waals surface area contributed by atoms with Gasteiger partial charge in [-0.1, -0.05) is 12.1 Å². The van der Waals surface area contributed by atoms with Gasteiger partial charge >= 0.3 is 5.97 Å².